The molecule has 0 aromatic heterocycles. The van der Waals surface area contributed by atoms with Crippen molar-refractivity contribution in [2.75, 3.05) is 17.0 Å². The van der Waals surface area contributed by atoms with E-state index in [4.69, 9.17) is 0 Å². The number of anilines is 1. The Balaban J connectivity index is 1.86. The van der Waals surface area contributed by atoms with Gasteiger partial charge in [-0.15, -0.1) is 0 Å². The Morgan fingerprint density at radius 3 is 2.62 bits per heavy atom. The summed E-state index contributed by atoms with van der Waals surface area (Å²) in [6.07, 6.45) is 3.54. The number of rotatable bonds is 8. The molecule has 0 heterocycles. The fourth-order valence-electron chi connectivity index (χ4n) is 1.97. The molecule has 0 atom stereocenters. The average Bonchev–Trinajstić information content (AvgIpc) is 3.23. The van der Waals surface area contributed by atoms with Crippen molar-refractivity contribution >= 4 is 15.7 Å². The van der Waals surface area contributed by atoms with Gasteiger partial charge < -0.3 is 5.32 Å². The number of benzene rings is 1. The molecule has 0 amide bonds. The molecule has 1 saturated carbocycles. The van der Waals surface area contributed by atoms with E-state index in [1.165, 1.54) is 25.8 Å². The van der Waals surface area contributed by atoms with Crippen LogP contribution < -0.4 is 10.0 Å². The number of halogens is 2. The molecule has 0 unspecified atom stereocenters. The van der Waals surface area contributed by atoms with Crippen LogP contribution in [0.25, 0.3) is 0 Å². The molecular weight excluding hydrogens is 298 g/mol. The van der Waals surface area contributed by atoms with E-state index in [1.54, 1.807) is 0 Å². The van der Waals surface area contributed by atoms with Gasteiger partial charge in [-0.25, -0.2) is 17.2 Å². The Morgan fingerprint density at radius 1 is 1.24 bits per heavy atom. The van der Waals surface area contributed by atoms with Gasteiger partial charge >= 0.3 is 0 Å². The number of nitrogens with one attached hydrogen (secondary N) is 2. The van der Waals surface area contributed by atoms with Crippen molar-refractivity contribution in [2.45, 2.75) is 38.6 Å². The highest BCUT2D eigenvalue weighted by molar-refractivity contribution is 7.92. The molecule has 0 radical (unpaired) electrons. The molecule has 0 spiro atoms. The molecule has 1 aromatic carbocycles. The second-order valence-corrected chi connectivity index (χ2v) is 7.25. The largest absolute Gasteiger partial charge is 0.314 e. The predicted molar refractivity (Wildman–Crippen MR) is 78.8 cm³/mol. The van der Waals surface area contributed by atoms with E-state index < -0.39 is 27.3 Å². The number of aryl methyl sites for hydroxylation is 1. The van der Waals surface area contributed by atoms with Crippen LogP contribution in [0.15, 0.2) is 12.1 Å². The second-order valence-electron chi connectivity index (χ2n) is 5.41. The van der Waals surface area contributed by atoms with Gasteiger partial charge in [0, 0.05) is 6.04 Å². The first kappa shape index (κ1) is 16.2. The van der Waals surface area contributed by atoms with Crippen molar-refractivity contribution in [1.29, 1.82) is 0 Å². The molecule has 0 saturated heterocycles. The van der Waals surface area contributed by atoms with Gasteiger partial charge in [0.2, 0.25) is 10.0 Å². The van der Waals surface area contributed by atoms with E-state index in [2.05, 4.69) is 5.32 Å². The highest BCUT2D eigenvalue weighted by Crippen LogP contribution is 2.23. The quantitative estimate of drug-likeness (QED) is 0.724. The molecule has 0 aliphatic heterocycles. The van der Waals surface area contributed by atoms with Gasteiger partial charge in [0.05, 0.1) is 5.75 Å². The maximum absolute atomic E-state index is 13.8. The van der Waals surface area contributed by atoms with E-state index in [1.807, 2.05) is 4.72 Å². The normalized spacial score (nSPS) is 15.2. The summed E-state index contributed by atoms with van der Waals surface area (Å²) in [4.78, 5) is 0. The zero-order valence-corrected chi connectivity index (χ0v) is 12.8. The van der Waals surface area contributed by atoms with E-state index >= 15 is 0 Å². The first-order chi connectivity index (χ1) is 9.89. The van der Waals surface area contributed by atoms with Crippen LogP contribution >= 0.6 is 0 Å². The Hall–Kier alpha value is -1.21. The van der Waals surface area contributed by atoms with E-state index in [0.29, 0.717) is 12.5 Å². The van der Waals surface area contributed by atoms with Crippen LogP contribution in [-0.4, -0.2) is 26.8 Å². The lowest BCUT2D eigenvalue weighted by atomic mass is 10.2. The van der Waals surface area contributed by atoms with E-state index in [-0.39, 0.29) is 11.3 Å². The van der Waals surface area contributed by atoms with Crippen LogP contribution in [0.4, 0.5) is 14.5 Å². The standard InChI is InChI=1S/C14H20F2N2O2S/c1-10-4-7-12(15)14(13(10)16)18-21(19,20)9-3-2-8-17-11-5-6-11/h4,7,11,17-18H,2-3,5-6,8-9H2,1H3. The maximum atomic E-state index is 13.8. The lowest BCUT2D eigenvalue weighted by Gasteiger charge is -2.11. The average molecular weight is 318 g/mol. The van der Waals surface area contributed by atoms with Crippen molar-refractivity contribution in [2.24, 2.45) is 0 Å². The SMILES string of the molecule is Cc1ccc(F)c(NS(=O)(=O)CCCCNC2CC2)c1F. The second kappa shape index (κ2) is 6.70. The van der Waals surface area contributed by atoms with Crippen molar-refractivity contribution in [1.82, 2.24) is 5.32 Å². The first-order valence-electron chi connectivity index (χ1n) is 7.07. The third-order valence-electron chi connectivity index (χ3n) is 3.39. The summed E-state index contributed by atoms with van der Waals surface area (Å²) >= 11 is 0. The van der Waals surface area contributed by atoms with Gasteiger partial charge in [-0.2, -0.15) is 0 Å². The Bertz CT molecular complexity index is 601. The molecule has 2 N–H and O–H groups in total. The summed E-state index contributed by atoms with van der Waals surface area (Å²) in [5.41, 5.74) is -0.395. The van der Waals surface area contributed by atoms with Crippen LogP contribution in [0.5, 0.6) is 0 Å². The highest BCUT2D eigenvalue weighted by Gasteiger charge is 2.20. The lowest BCUT2D eigenvalue weighted by Crippen LogP contribution is -2.21. The molecule has 1 aliphatic rings. The van der Waals surface area contributed by atoms with E-state index in [9.17, 15) is 17.2 Å². The molecule has 21 heavy (non-hydrogen) atoms. The topological polar surface area (TPSA) is 58.2 Å². The Morgan fingerprint density at radius 2 is 1.95 bits per heavy atom. The third kappa shape index (κ3) is 4.93. The van der Waals surface area contributed by atoms with Crippen molar-refractivity contribution in [3.05, 3.63) is 29.3 Å². The van der Waals surface area contributed by atoms with Gasteiger partial charge in [-0.05, 0) is 50.8 Å². The minimum absolute atomic E-state index is 0.147. The number of sulfonamides is 1. The van der Waals surface area contributed by atoms with Crippen LogP contribution in [0.2, 0.25) is 0 Å². The van der Waals surface area contributed by atoms with E-state index in [0.717, 1.165) is 19.0 Å². The summed E-state index contributed by atoms with van der Waals surface area (Å²) in [6.45, 7) is 2.23. The van der Waals surface area contributed by atoms with Crippen LogP contribution in [0.3, 0.4) is 0 Å². The molecule has 2 rings (SSSR count). The molecule has 118 valence electrons. The smallest absolute Gasteiger partial charge is 0.232 e. The molecule has 1 aliphatic carbocycles. The Labute approximate surface area is 124 Å². The molecule has 7 heteroatoms. The van der Waals surface area contributed by atoms with Gasteiger partial charge in [0.25, 0.3) is 0 Å². The fourth-order valence-corrected chi connectivity index (χ4v) is 3.15. The number of hydrogen-bond acceptors (Lipinski definition) is 3. The molecule has 1 aromatic rings. The summed E-state index contributed by atoms with van der Waals surface area (Å²) in [7, 11) is -3.74. The van der Waals surface area contributed by atoms with Crippen LogP contribution in [0.1, 0.15) is 31.2 Å². The molecule has 1 fully saturated rings. The van der Waals surface area contributed by atoms with Gasteiger partial charge in [-0.1, -0.05) is 6.07 Å². The summed E-state index contributed by atoms with van der Waals surface area (Å²) in [6, 6.07) is 2.91. The van der Waals surface area contributed by atoms with Crippen molar-refractivity contribution < 1.29 is 17.2 Å². The molecule has 0 bridgehead atoms. The molecular formula is C14H20F2N2O2S. The molecule has 4 nitrogen and oxygen atoms in total. The Kier molecular flexibility index (Phi) is 5.16. The van der Waals surface area contributed by atoms with Gasteiger partial charge in [0.15, 0.2) is 5.82 Å². The first-order valence-corrected chi connectivity index (χ1v) is 8.73. The van der Waals surface area contributed by atoms with Crippen LogP contribution in [0, 0.1) is 18.6 Å². The maximum Gasteiger partial charge on any atom is 0.232 e. The predicted octanol–water partition coefficient (Wildman–Crippen LogP) is 2.55. The number of unbranched alkanes of at least 4 members (excludes halogenated alkanes) is 1. The minimum Gasteiger partial charge on any atom is -0.314 e. The lowest BCUT2D eigenvalue weighted by molar-refractivity contribution is 0.576. The number of hydrogen-bond donors (Lipinski definition) is 2. The summed E-state index contributed by atoms with van der Waals surface area (Å²) in [5.74, 6) is -1.92. The third-order valence-corrected chi connectivity index (χ3v) is 4.73. The van der Waals surface area contributed by atoms with Gasteiger partial charge in [0.1, 0.15) is 11.5 Å². The van der Waals surface area contributed by atoms with Crippen molar-refractivity contribution in [3.8, 4) is 0 Å². The summed E-state index contributed by atoms with van der Waals surface area (Å²) < 4.78 is 53.0. The summed E-state index contributed by atoms with van der Waals surface area (Å²) in [5, 5.41) is 3.28. The van der Waals surface area contributed by atoms with Crippen LogP contribution in [-0.2, 0) is 10.0 Å². The zero-order valence-electron chi connectivity index (χ0n) is 12.0. The van der Waals surface area contributed by atoms with Crippen molar-refractivity contribution in [3.63, 3.8) is 0 Å². The minimum atomic E-state index is -3.74. The highest BCUT2D eigenvalue weighted by atomic mass is 32.2. The zero-order chi connectivity index (χ0) is 15.5. The van der Waals surface area contributed by atoms with Gasteiger partial charge in [-0.3, -0.25) is 4.72 Å². The monoisotopic (exact) mass is 318 g/mol. The fraction of sp³-hybridized carbons (Fsp3) is 0.571.